The quantitative estimate of drug-likeness (QED) is 0.707. The van der Waals surface area contributed by atoms with E-state index in [0.29, 0.717) is 18.5 Å². The van der Waals surface area contributed by atoms with Gasteiger partial charge in [-0.2, -0.15) is 0 Å². The summed E-state index contributed by atoms with van der Waals surface area (Å²) in [7, 11) is -3.00. The molecule has 1 aliphatic rings. The minimum absolute atomic E-state index is 0.0277. The van der Waals surface area contributed by atoms with Crippen LogP contribution in [0.2, 0.25) is 0 Å². The van der Waals surface area contributed by atoms with Gasteiger partial charge in [-0.15, -0.1) is 0 Å². The highest BCUT2D eigenvalue weighted by Gasteiger charge is 2.29. The highest BCUT2D eigenvalue weighted by molar-refractivity contribution is 7.91. The molecule has 4 N–H and O–H groups in total. The van der Waals surface area contributed by atoms with Crippen LogP contribution in [0.25, 0.3) is 0 Å². The van der Waals surface area contributed by atoms with Crippen LogP contribution >= 0.6 is 0 Å². The van der Waals surface area contributed by atoms with Crippen LogP contribution in [0.3, 0.4) is 0 Å². The number of nitrogens with one attached hydrogen (secondary N) is 2. The fourth-order valence-corrected chi connectivity index (χ4v) is 4.43. The lowest BCUT2D eigenvalue weighted by atomic mass is 10.1. The molecule has 0 aromatic heterocycles. The fourth-order valence-electron chi connectivity index (χ4n) is 2.76. The van der Waals surface area contributed by atoms with E-state index in [4.69, 9.17) is 5.73 Å². The van der Waals surface area contributed by atoms with E-state index in [-0.39, 0.29) is 23.5 Å². The summed E-state index contributed by atoms with van der Waals surface area (Å²) >= 11 is 0. The number of hydrogen-bond donors (Lipinski definition) is 3. The molecule has 7 heteroatoms. The van der Waals surface area contributed by atoms with Crippen LogP contribution in [0.5, 0.6) is 0 Å². The van der Waals surface area contributed by atoms with Gasteiger partial charge in [0.25, 0.3) is 5.91 Å². The third-order valence-corrected chi connectivity index (χ3v) is 5.96. The molecular formula is C18H21N3O3S. The number of rotatable bonds is 5. The van der Waals surface area contributed by atoms with Crippen LogP contribution in [0.4, 0.5) is 11.4 Å². The Morgan fingerprint density at radius 2 is 1.76 bits per heavy atom. The van der Waals surface area contributed by atoms with E-state index in [1.807, 2.05) is 36.4 Å². The number of nitrogen functional groups attached to an aromatic ring is 1. The first-order valence-electron chi connectivity index (χ1n) is 8.11. The Bertz CT molecular complexity index is 846. The van der Waals surface area contributed by atoms with Gasteiger partial charge in [-0.3, -0.25) is 4.79 Å². The van der Waals surface area contributed by atoms with Crippen molar-refractivity contribution in [2.24, 2.45) is 0 Å². The van der Waals surface area contributed by atoms with Crippen molar-refractivity contribution in [1.82, 2.24) is 5.32 Å². The van der Waals surface area contributed by atoms with E-state index in [1.54, 1.807) is 12.1 Å². The molecule has 0 aliphatic carbocycles. The number of hydrogen-bond acceptors (Lipinski definition) is 5. The second-order valence-electron chi connectivity index (χ2n) is 6.25. The summed E-state index contributed by atoms with van der Waals surface area (Å²) in [4.78, 5) is 12.2. The summed E-state index contributed by atoms with van der Waals surface area (Å²) in [5.74, 6) is -0.0708. The summed E-state index contributed by atoms with van der Waals surface area (Å²) in [6.07, 6.45) is 0.481. The average molecular weight is 359 g/mol. The molecule has 1 saturated heterocycles. The lowest BCUT2D eigenvalue weighted by Gasteiger charge is -2.11. The summed E-state index contributed by atoms with van der Waals surface area (Å²) in [6.45, 7) is 0.658. The lowest BCUT2D eigenvalue weighted by molar-refractivity contribution is 0.0941. The zero-order chi connectivity index (χ0) is 17.9. The van der Waals surface area contributed by atoms with Crippen LogP contribution in [0.15, 0.2) is 48.5 Å². The molecule has 25 heavy (non-hydrogen) atoms. The van der Waals surface area contributed by atoms with Crippen molar-refractivity contribution in [1.29, 1.82) is 0 Å². The van der Waals surface area contributed by atoms with E-state index in [0.717, 1.165) is 16.9 Å². The normalized spacial score (nSPS) is 18.6. The Hall–Kier alpha value is -2.54. The van der Waals surface area contributed by atoms with Gasteiger partial charge >= 0.3 is 0 Å². The first-order chi connectivity index (χ1) is 11.9. The van der Waals surface area contributed by atoms with Crippen LogP contribution in [-0.4, -0.2) is 31.9 Å². The SMILES string of the molecule is Nc1ccc(CNc2ccc(C(=O)N[C@H]3CCS(=O)(=O)C3)cc2)cc1. The molecule has 0 bridgehead atoms. The minimum Gasteiger partial charge on any atom is -0.399 e. The average Bonchev–Trinajstić information content (AvgIpc) is 2.93. The second-order valence-corrected chi connectivity index (χ2v) is 8.47. The summed E-state index contributed by atoms with van der Waals surface area (Å²) in [5, 5.41) is 6.06. The molecule has 1 aliphatic heterocycles. The predicted molar refractivity (Wildman–Crippen MR) is 99.1 cm³/mol. The van der Waals surface area contributed by atoms with E-state index in [9.17, 15) is 13.2 Å². The highest BCUT2D eigenvalue weighted by Crippen LogP contribution is 2.15. The Morgan fingerprint density at radius 3 is 2.36 bits per heavy atom. The Labute approximate surface area is 147 Å². The summed E-state index contributed by atoms with van der Waals surface area (Å²) in [5.41, 5.74) is 8.92. The zero-order valence-electron chi connectivity index (χ0n) is 13.7. The van der Waals surface area contributed by atoms with E-state index < -0.39 is 9.84 Å². The maximum absolute atomic E-state index is 12.2. The lowest BCUT2D eigenvalue weighted by Crippen LogP contribution is -2.35. The second kappa shape index (κ2) is 7.14. The third-order valence-electron chi connectivity index (χ3n) is 4.19. The predicted octanol–water partition coefficient (Wildman–Crippen LogP) is 1.80. The first-order valence-corrected chi connectivity index (χ1v) is 9.93. The molecule has 1 atom stereocenters. The molecule has 3 rings (SSSR count). The number of nitrogens with two attached hydrogens (primary N) is 1. The first kappa shape index (κ1) is 17.3. The molecule has 0 saturated carbocycles. The molecule has 1 amide bonds. The number of benzene rings is 2. The maximum atomic E-state index is 12.2. The number of carbonyl (C=O) groups excluding carboxylic acids is 1. The van der Waals surface area contributed by atoms with Gasteiger partial charge in [0.2, 0.25) is 0 Å². The molecular weight excluding hydrogens is 338 g/mol. The number of sulfone groups is 1. The number of anilines is 2. The van der Waals surface area contributed by atoms with Crippen LogP contribution in [0.1, 0.15) is 22.3 Å². The number of amides is 1. The molecule has 0 radical (unpaired) electrons. The third kappa shape index (κ3) is 4.73. The summed E-state index contributed by atoms with van der Waals surface area (Å²) in [6, 6.07) is 14.4. The standard InChI is InChI=1S/C18H21N3O3S/c19-15-5-1-13(2-6-15)11-20-16-7-3-14(4-8-16)18(22)21-17-9-10-25(23,24)12-17/h1-8,17,20H,9-12,19H2,(H,21,22)/t17-/m0/s1. The van der Waals surface area contributed by atoms with Gasteiger partial charge in [0, 0.05) is 29.5 Å². The van der Waals surface area contributed by atoms with Crippen LogP contribution in [0, 0.1) is 0 Å². The fraction of sp³-hybridized carbons (Fsp3) is 0.278. The van der Waals surface area contributed by atoms with E-state index in [2.05, 4.69) is 10.6 Å². The molecule has 1 fully saturated rings. The highest BCUT2D eigenvalue weighted by atomic mass is 32.2. The minimum atomic E-state index is -3.00. The maximum Gasteiger partial charge on any atom is 0.251 e. The van der Waals surface area contributed by atoms with Crippen molar-refractivity contribution >= 4 is 27.1 Å². The zero-order valence-corrected chi connectivity index (χ0v) is 14.6. The van der Waals surface area contributed by atoms with Crippen molar-refractivity contribution < 1.29 is 13.2 Å². The molecule has 2 aromatic carbocycles. The Balaban J connectivity index is 1.54. The van der Waals surface area contributed by atoms with Gasteiger partial charge in [-0.25, -0.2) is 8.42 Å². The van der Waals surface area contributed by atoms with Crippen molar-refractivity contribution in [3.8, 4) is 0 Å². The van der Waals surface area contributed by atoms with Crippen LogP contribution < -0.4 is 16.4 Å². The van der Waals surface area contributed by atoms with Crippen molar-refractivity contribution in [3.05, 3.63) is 59.7 Å². The molecule has 6 nitrogen and oxygen atoms in total. The van der Waals surface area contributed by atoms with Gasteiger partial charge in [-0.05, 0) is 48.4 Å². The van der Waals surface area contributed by atoms with Gasteiger partial charge in [0.05, 0.1) is 11.5 Å². The van der Waals surface area contributed by atoms with Gasteiger partial charge < -0.3 is 16.4 Å². The molecule has 0 unspecified atom stereocenters. The summed E-state index contributed by atoms with van der Waals surface area (Å²) < 4.78 is 22.9. The largest absolute Gasteiger partial charge is 0.399 e. The smallest absolute Gasteiger partial charge is 0.251 e. The van der Waals surface area contributed by atoms with Crippen molar-refractivity contribution in [3.63, 3.8) is 0 Å². The van der Waals surface area contributed by atoms with Gasteiger partial charge in [0.1, 0.15) is 0 Å². The molecule has 132 valence electrons. The van der Waals surface area contributed by atoms with Crippen molar-refractivity contribution in [2.75, 3.05) is 22.6 Å². The monoisotopic (exact) mass is 359 g/mol. The van der Waals surface area contributed by atoms with Gasteiger partial charge in [-0.1, -0.05) is 12.1 Å². The Kier molecular flexibility index (Phi) is 4.94. The molecule has 1 heterocycles. The van der Waals surface area contributed by atoms with E-state index >= 15 is 0 Å². The Morgan fingerprint density at radius 1 is 1.08 bits per heavy atom. The van der Waals surface area contributed by atoms with E-state index in [1.165, 1.54) is 0 Å². The number of carbonyl (C=O) groups is 1. The van der Waals surface area contributed by atoms with Crippen molar-refractivity contribution in [2.45, 2.75) is 19.0 Å². The van der Waals surface area contributed by atoms with Gasteiger partial charge in [0.15, 0.2) is 9.84 Å². The van der Waals surface area contributed by atoms with Crippen LogP contribution in [-0.2, 0) is 16.4 Å². The molecule has 2 aromatic rings. The molecule has 0 spiro atoms. The topological polar surface area (TPSA) is 101 Å².